The van der Waals surface area contributed by atoms with Crippen LogP contribution in [0.25, 0.3) is 0 Å². The lowest BCUT2D eigenvalue weighted by atomic mass is 10.1. The summed E-state index contributed by atoms with van der Waals surface area (Å²) in [6.07, 6.45) is 2.31. The number of nitrogens with two attached hydrogens (primary N) is 1. The van der Waals surface area contributed by atoms with Crippen LogP contribution in [0.4, 0.5) is 0 Å². The molecule has 1 fully saturated rings. The quantitative estimate of drug-likeness (QED) is 0.539. The molecule has 0 bridgehead atoms. The van der Waals surface area contributed by atoms with Gasteiger partial charge in [0.1, 0.15) is 0 Å². The zero-order valence-electron chi connectivity index (χ0n) is 6.47. The molecule has 1 heterocycles. The van der Waals surface area contributed by atoms with Crippen molar-refractivity contribution in [3.05, 3.63) is 0 Å². The van der Waals surface area contributed by atoms with Crippen LogP contribution in [-0.4, -0.2) is 25.4 Å². The molecule has 0 aliphatic carbocycles. The highest BCUT2D eigenvalue weighted by atomic mass is 16.5. The highest BCUT2D eigenvalue weighted by molar-refractivity contribution is 4.71. The van der Waals surface area contributed by atoms with Crippen LogP contribution < -0.4 is 11.1 Å². The summed E-state index contributed by atoms with van der Waals surface area (Å²) in [5, 5.41) is 3.28. The summed E-state index contributed by atoms with van der Waals surface area (Å²) in [5.41, 5.74) is 5.57. The molecule has 60 valence electrons. The van der Waals surface area contributed by atoms with Gasteiger partial charge in [-0.05, 0) is 19.8 Å². The van der Waals surface area contributed by atoms with Crippen LogP contribution in [0.3, 0.4) is 0 Å². The van der Waals surface area contributed by atoms with Crippen LogP contribution in [0, 0.1) is 0 Å². The fourth-order valence-corrected chi connectivity index (χ4v) is 1.24. The number of nitrogens with one attached hydrogen (secondary N) is 1. The lowest BCUT2D eigenvalue weighted by molar-refractivity contribution is 0.0757. The minimum atomic E-state index is 0.114. The van der Waals surface area contributed by atoms with E-state index >= 15 is 0 Å². The Morgan fingerprint density at radius 1 is 1.50 bits per heavy atom. The van der Waals surface area contributed by atoms with Crippen molar-refractivity contribution in [3.63, 3.8) is 0 Å². The van der Waals surface area contributed by atoms with Crippen molar-refractivity contribution in [1.29, 1.82) is 0 Å². The van der Waals surface area contributed by atoms with Gasteiger partial charge in [0.25, 0.3) is 0 Å². The van der Waals surface area contributed by atoms with E-state index in [2.05, 4.69) is 5.32 Å². The molecule has 10 heavy (non-hydrogen) atoms. The maximum absolute atomic E-state index is 5.57. The summed E-state index contributed by atoms with van der Waals surface area (Å²) in [4.78, 5) is 0. The summed E-state index contributed by atoms with van der Waals surface area (Å²) in [6, 6.07) is 0.578. The van der Waals surface area contributed by atoms with Crippen molar-refractivity contribution in [2.75, 3.05) is 13.2 Å². The molecule has 0 amide bonds. The summed E-state index contributed by atoms with van der Waals surface area (Å²) in [7, 11) is 0. The predicted molar refractivity (Wildman–Crippen MR) is 40.6 cm³/mol. The zero-order chi connectivity index (χ0) is 7.40. The average molecular weight is 144 g/mol. The highest BCUT2D eigenvalue weighted by Crippen LogP contribution is 2.05. The maximum atomic E-state index is 5.57. The first-order chi connectivity index (χ1) is 4.79. The molecule has 3 N–H and O–H groups in total. The van der Waals surface area contributed by atoms with Crippen LogP contribution in [0.15, 0.2) is 0 Å². The molecule has 1 atom stereocenters. The summed E-state index contributed by atoms with van der Waals surface area (Å²) < 4.78 is 5.20. The summed E-state index contributed by atoms with van der Waals surface area (Å²) >= 11 is 0. The third-order valence-corrected chi connectivity index (χ3v) is 1.72. The van der Waals surface area contributed by atoms with Gasteiger partial charge in [-0.15, -0.1) is 0 Å². The van der Waals surface area contributed by atoms with Gasteiger partial charge in [-0.2, -0.15) is 0 Å². The SMILES string of the molecule is CC(N)NC1CCOCC1. The van der Waals surface area contributed by atoms with Crippen molar-refractivity contribution in [1.82, 2.24) is 5.32 Å². The fraction of sp³-hybridized carbons (Fsp3) is 1.00. The number of ether oxygens (including phenoxy) is 1. The standard InChI is InChI=1S/C7H16N2O/c1-6(8)9-7-2-4-10-5-3-7/h6-7,9H,2-5,8H2,1H3. The molecule has 0 aromatic heterocycles. The van der Waals surface area contributed by atoms with Gasteiger partial charge in [-0.1, -0.05) is 0 Å². The Kier molecular flexibility index (Phi) is 3.12. The molecule has 1 aliphatic heterocycles. The minimum absolute atomic E-state index is 0.114. The Hall–Kier alpha value is -0.120. The van der Waals surface area contributed by atoms with Gasteiger partial charge in [-0.25, -0.2) is 0 Å². The molecule has 3 heteroatoms. The van der Waals surface area contributed by atoms with Crippen molar-refractivity contribution < 1.29 is 4.74 Å². The molecule has 0 aromatic carbocycles. The highest BCUT2D eigenvalue weighted by Gasteiger charge is 2.13. The lowest BCUT2D eigenvalue weighted by Gasteiger charge is -2.24. The van der Waals surface area contributed by atoms with Crippen LogP contribution in [0.1, 0.15) is 19.8 Å². The molecule has 1 rings (SSSR count). The van der Waals surface area contributed by atoms with E-state index in [4.69, 9.17) is 10.5 Å². The van der Waals surface area contributed by atoms with E-state index in [9.17, 15) is 0 Å². The van der Waals surface area contributed by atoms with E-state index in [1.54, 1.807) is 0 Å². The topological polar surface area (TPSA) is 47.3 Å². The van der Waals surface area contributed by atoms with Gasteiger partial charge in [0, 0.05) is 19.3 Å². The third-order valence-electron chi connectivity index (χ3n) is 1.72. The van der Waals surface area contributed by atoms with Gasteiger partial charge in [0.05, 0.1) is 6.17 Å². The Balaban J connectivity index is 2.13. The average Bonchev–Trinajstić information content (AvgIpc) is 1.88. The van der Waals surface area contributed by atoms with Gasteiger partial charge in [0.2, 0.25) is 0 Å². The Labute approximate surface area is 61.9 Å². The molecule has 3 nitrogen and oxygen atoms in total. The van der Waals surface area contributed by atoms with Crippen LogP contribution in [-0.2, 0) is 4.74 Å². The van der Waals surface area contributed by atoms with E-state index < -0.39 is 0 Å². The first kappa shape index (κ1) is 7.98. The van der Waals surface area contributed by atoms with E-state index in [0.29, 0.717) is 6.04 Å². The van der Waals surface area contributed by atoms with Crippen LogP contribution in [0.5, 0.6) is 0 Å². The molecular weight excluding hydrogens is 128 g/mol. The molecule has 1 saturated heterocycles. The van der Waals surface area contributed by atoms with Crippen LogP contribution >= 0.6 is 0 Å². The maximum Gasteiger partial charge on any atom is 0.0519 e. The number of hydrogen-bond donors (Lipinski definition) is 2. The van der Waals surface area contributed by atoms with Gasteiger partial charge >= 0.3 is 0 Å². The molecule has 0 radical (unpaired) electrons. The second-order valence-corrected chi connectivity index (χ2v) is 2.84. The molecule has 0 saturated carbocycles. The van der Waals surface area contributed by atoms with E-state index in [-0.39, 0.29) is 6.17 Å². The number of hydrogen-bond acceptors (Lipinski definition) is 3. The van der Waals surface area contributed by atoms with E-state index in [0.717, 1.165) is 26.1 Å². The van der Waals surface area contributed by atoms with Gasteiger partial charge < -0.3 is 10.5 Å². The van der Waals surface area contributed by atoms with Crippen molar-refractivity contribution in [2.45, 2.75) is 32.0 Å². The molecule has 0 aromatic rings. The van der Waals surface area contributed by atoms with Crippen LogP contribution in [0.2, 0.25) is 0 Å². The zero-order valence-corrected chi connectivity index (χ0v) is 6.47. The van der Waals surface area contributed by atoms with Gasteiger partial charge in [0.15, 0.2) is 0 Å². The normalized spacial score (nSPS) is 24.6. The fourth-order valence-electron chi connectivity index (χ4n) is 1.24. The van der Waals surface area contributed by atoms with E-state index in [1.165, 1.54) is 0 Å². The van der Waals surface area contributed by atoms with Crippen molar-refractivity contribution in [3.8, 4) is 0 Å². The second-order valence-electron chi connectivity index (χ2n) is 2.84. The monoisotopic (exact) mass is 144 g/mol. The van der Waals surface area contributed by atoms with E-state index in [1.807, 2.05) is 6.92 Å². The van der Waals surface area contributed by atoms with Crippen molar-refractivity contribution >= 4 is 0 Å². The number of rotatable bonds is 2. The molecule has 0 spiro atoms. The molecular formula is C7H16N2O. The van der Waals surface area contributed by atoms with Crippen molar-refractivity contribution in [2.24, 2.45) is 5.73 Å². The van der Waals surface area contributed by atoms with Gasteiger partial charge in [-0.3, -0.25) is 5.32 Å². The Bertz CT molecular complexity index is 89.6. The summed E-state index contributed by atoms with van der Waals surface area (Å²) in [6.45, 7) is 3.73. The third kappa shape index (κ3) is 2.64. The predicted octanol–water partition coefficient (Wildman–Crippen LogP) is 0.0597. The largest absolute Gasteiger partial charge is 0.381 e. The first-order valence-corrected chi connectivity index (χ1v) is 3.88. The second kappa shape index (κ2) is 3.91. The Morgan fingerprint density at radius 2 is 2.10 bits per heavy atom. The summed E-state index contributed by atoms with van der Waals surface area (Å²) in [5.74, 6) is 0. The Morgan fingerprint density at radius 3 is 2.60 bits per heavy atom. The molecule has 1 unspecified atom stereocenters. The first-order valence-electron chi connectivity index (χ1n) is 3.88. The molecule has 1 aliphatic rings. The lowest BCUT2D eigenvalue weighted by Crippen LogP contribution is -2.44. The smallest absolute Gasteiger partial charge is 0.0519 e. The minimum Gasteiger partial charge on any atom is -0.381 e.